The molecule has 0 bridgehead atoms. The summed E-state index contributed by atoms with van der Waals surface area (Å²) in [5.41, 5.74) is 1.65. The van der Waals surface area contributed by atoms with E-state index in [1.165, 1.54) is 6.08 Å². The Morgan fingerprint density at radius 1 is 1.00 bits per heavy atom. The molecule has 4 N–H and O–H groups in total. The van der Waals surface area contributed by atoms with Crippen LogP contribution in [0.3, 0.4) is 0 Å². The molecule has 2 aromatic carbocycles. The van der Waals surface area contributed by atoms with Crippen LogP contribution in [0, 0.1) is 5.92 Å². The zero-order chi connectivity index (χ0) is 21.3. The number of aliphatic carboxylic acids is 1. The van der Waals surface area contributed by atoms with E-state index >= 15 is 0 Å². The first-order valence-electron chi connectivity index (χ1n) is 9.10. The zero-order valence-electron chi connectivity index (χ0n) is 15.8. The summed E-state index contributed by atoms with van der Waals surface area (Å²) in [5.74, 6) is -2.51. The van der Waals surface area contributed by atoms with E-state index in [1.54, 1.807) is 48.5 Å². The average molecular weight is 417 g/mol. The molecule has 0 aromatic heterocycles. The molecule has 29 heavy (non-hydrogen) atoms. The molecule has 1 unspecified atom stereocenters. The Hall–Kier alpha value is -2.73. The summed E-state index contributed by atoms with van der Waals surface area (Å²) in [6, 6.07) is 17.9. The Morgan fingerprint density at radius 2 is 1.59 bits per heavy atom. The molecule has 0 spiro atoms. The molecule has 154 valence electrons. The van der Waals surface area contributed by atoms with Gasteiger partial charge in [0.05, 0.1) is 12.1 Å². The summed E-state index contributed by atoms with van der Waals surface area (Å²) in [4.78, 5) is 42.6. The highest BCUT2D eigenvalue weighted by atomic mass is 31.2. The fourth-order valence-electron chi connectivity index (χ4n) is 2.88. The lowest BCUT2D eigenvalue weighted by molar-refractivity contribution is -0.133. The van der Waals surface area contributed by atoms with Crippen LogP contribution in [0.2, 0.25) is 0 Å². The van der Waals surface area contributed by atoms with E-state index in [4.69, 9.17) is 0 Å². The highest BCUT2D eigenvalue weighted by molar-refractivity contribution is 7.51. The molecule has 0 aliphatic heterocycles. The predicted octanol–water partition coefficient (Wildman–Crippen LogP) is 2.70. The van der Waals surface area contributed by atoms with Crippen LogP contribution in [0.4, 0.5) is 0 Å². The monoisotopic (exact) mass is 417 g/mol. The Bertz CT molecular complexity index is 892. The van der Waals surface area contributed by atoms with Crippen molar-refractivity contribution in [2.75, 3.05) is 12.7 Å². The van der Waals surface area contributed by atoms with Crippen molar-refractivity contribution in [1.82, 2.24) is 5.32 Å². The minimum atomic E-state index is -4.39. The summed E-state index contributed by atoms with van der Waals surface area (Å²) < 4.78 is 11.4. The smallest absolute Gasteiger partial charge is 0.331 e. The highest BCUT2D eigenvalue weighted by Gasteiger charge is 2.27. The first-order valence-corrected chi connectivity index (χ1v) is 10.9. The van der Waals surface area contributed by atoms with E-state index in [0.29, 0.717) is 0 Å². The first-order chi connectivity index (χ1) is 13.7. The lowest BCUT2D eigenvalue weighted by atomic mass is 10.00. The number of carboxylic acids is 1. The molecule has 7 nitrogen and oxygen atoms in total. The molecule has 0 aliphatic rings. The van der Waals surface area contributed by atoms with Crippen LogP contribution in [-0.4, -0.2) is 39.5 Å². The SMILES string of the molecule is O=C(O)C(=Cc1ccccc1)CCNC(=O)C(Cc1ccccc1)CP(=O)(O)O. The maximum absolute atomic E-state index is 12.5. The Kier molecular flexibility index (Phi) is 8.34. The van der Waals surface area contributed by atoms with Crippen LogP contribution in [0.5, 0.6) is 0 Å². The molecule has 0 fully saturated rings. The van der Waals surface area contributed by atoms with E-state index < -0.39 is 31.6 Å². The van der Waals surface area contributed by atoms with Gasteiger partial charge in [-0.2, -0.15) is 0 Å². The Labute approximate surface area is 169 Å². The lowest BCUT2D eigenvalue weighted by Crippen LogP contribution is -2.35. The minimum absolute atomic E-state index is 0.0518. The number of hydrogen-bond acceptors (Lipinski definition) is 3. The van der Waals surface area contributed by atoms with Gasteiger partial charge in [-0.05, 0) is 30.0 Å². The summed E-state index contributed by atoms with van der Waals surface area (Å²) in [6.07, 6.45) is 1.23. The molecule has 1 atom stereocenters. The van der Waals surface area contributed by atoms with Crippen molar-refractivity contribution >= 4 is 25.5 Å². The largest absolute Gasteiger partial charge is 0.478 e. The van der Waals surface area contributed by atoms with Crippen molar-refractivity contribution in [2.45, 2.75) is 12.8 Å². The molecule has 0 saturated heterocycles. The molecule has 0 aliphatic carbocycles. The van der Waals surface area contributed by atoms with E-state index in [9.17, 15) is 29.0 Å². The molecule has 8 heteroatoms. The van der Waals surface area contributed by atoms with Gasteiger partial charge >= 0.3 is 13.6 Å². The van der Waals surface area contributed by atoms with E-state index in [1.807, 2.05) is 12.1 Å². The van der Waals surface area contributed by atoms with Gasteiger partial charge in [-0.15, -0.1) is 0 Å². The summed E-state index contributed by atoms with van der Waals surface area (Å²) >= 11 is 0. The van der Waals surface area contributed by atoms with Crippen molar-refractivity contribution in [3.63, 3.8) is 0 Å². The maximum atomic E-state index is 12.5. The third-order valence-corrected chi connectivity index (χ3v) is 5.18. The van der Waals surface area contributed by atoms with Crippen molar-refractivity contribution in [2.24, 2.45) is 5.92 Å². The second-order valence-corrected chi connectivity index (χ2v) is 8.35. The normalized spacial score (nSPS) is 13.0. The quantitative estimate of drug-likeness (QED) is 0.348. The van der Waals surface area contributed by atoms with Gasteiger partial charge in [-0.25, -0.2) is 4.79 Å². The molecule has 1 amide bonds. The van der Waals surface area contributed by atoms with Gasteiger partial charge in [0.15, 0.2) is 0 Å². The van der Waals surface area contributed by atoms with Crippen LogP contribution in [0.1, 0.15) is 17.5 Å². The van der Waals surface area contributed by atoms with E-state index in [0.717, 1.165) is 11.1 Å². The molecular formula is C21H24NO6P. The molecular weight excluding hydrogens is 393 g/mol. The molecule has 0 radical (unpaired) electrons. The number of amides is 1. The van der Waals surface area contributed by atoms with Gasteiger partial charge in [0.1, 0.15) is 0 Å². The highest BCUT2D eigenvalue weighted by Crippen LogP contribution is 2.37. The number of carbonyl (C=O) groups is 2. The fourth-order valence-corrected chi connectivity index (χ4v) is 3.75. The summed E-state index contributed by atoms with van der Waals surface area (Å²) in [5, 5.41) is 12.0. The summed E-state index contributed by atoms with van der Waals surface area (Å²) in [7, 11) is -4.39. The Balaban J connectivity index is 2.01. The fraction of sp³-hybridized carbons (Fsp3) is 0.238. The average Bonchev–Trinajstić information content (AvgIpc) is 2.67. The van der Waals surface area contributed by atoms with Crippen LogP contribution in [0.15, 0.2) is 66.2 Å². The lowest BCUT2D eigenvalue weighted by Gasteiger charge is -2.17. The van der Waals surface area contributed by atoms with Crippen molar-refractivity contribution in [3.05, 3.63) is 77.4 Å². The zero-order valence-corrected chi connectivity index (χ0v) is 16.7. The van der Waals surface area contributed by atoms with E-state index in [-0.39, 0.29) is 25.0 Å². The summed E-state index contributed by atoms with van der Waals surface area (Å²) in [6.45, 7) is 0.0518. The number of carbonyl (C=O) groups excluding carboxylic acids is 1. The minimum Gasteiger partial charge on any atom is -0.478 e. The maximum Gasteiger partial charge on any atom is 0.331 e. The third kappa shape index (κ3) is 8.44. The van der Waals surface area contributed by atoms with Gasteiger partial charge in [0.2, 0.25) is 5.91 Å². The molecule has 2 rings (SSSR count). The Morgan fingerprint density at radius 3 is 2.14 bits per heavy atom. The van der Waals surface area contributed by atoms with Crippen molar-refractivity contribution in [3.8, 4) is 0 Å². The molecule has 0 saturated carbocycles. The van der Waals surface area contributed by atoms with Crippen LogP contribution in [-0.2, 0) is 20.6 Å². The number of hydrogen-bond donors (Lipinski definition) is 4. The molecule has 2 aromatic rings. The molecule has 0 heterocycles. The van der Waals surface area contributed by atoms with Gasteiger partial charge in [0.25, 0.3) is 0 Å². The van der Waals surface area contributed by atoms with Crippen LogP contribution < -0.4 is 5.32 Å². The predicted molar refractivity (Wildman–Crippen MR) is 110 cm³/mol. The number of nitrogens with one attached hydrogen (secondary N) is 1. The van der Waals surface area contributed by atoms with Gasteiger partial charge in [-0.1, -0.05) is 60.7 Å². The van der Waals surface area contributed by atoms with Gasteiger partial charge in [-0.3, -0.25) is 9.36 Å². The number of carboxylic acid groups (broad SMARTS) is 1. The topological polar surface area (TPSA) is 124 Å². The second-order valence-electron chi connectivity index (χ2n) is 6.66. The number of benzene rings is 2. The van der Waals surface area contributed by atoms with Crippen molar-refractivity contribution in [1.29, 1.82) is 0 Å². The van der Waals surface area contributed by atoms with Crippen LogP contribution in [0.25, 0.3) is 6.08 Å². The van der Waals surface area contributed by atoms with Crippen LogP contribution >= 0.6 is 7.60 Å². The van der Waals surface area contributed by atoms with Gasteiger partial charge in [0, 0.05) is 12.1 Å². The van der Waals surface area contributed by atoms with Gasteiger partial charge < -0.3 is 20.2 Å². The third-order valence-electron chi connectivity index (χ3n) is 4.26. The van der Waals surface area contributed by atoms with Crippen molar-refractivity contribution < 1.29 is 29.0 Å². The second kappa shape index (κ2) is 10.7. The standard InChI is InChI=1S/C21H24NO6P/c23-20(19(15-29(26,27)28)14-17-9-5-2-6-10-17)22-12-11-18(21(24)25)13-16-7-3-1-4-8-16/h1-10,13,19H,11-12,14-15H2,(H,22,23)(H,24,25)(H2,26,27,28). The number of rotatable bonds is 10. The van der Waals surface area contributed by atoms with E-state index in [2.05, 4.69) is 5.32 Å². The first kappa shape index (κ1) is 22.6.